The molecule has 1 saturated carbocycles. The summed E-state index contributed by atoms with van der Waals surface area (Å²) in [4.78, 5) is 22.9. The number of benzene rings is 1. The van der Waals surface area contributed by atoms with Gasteiger partial charge in [0.15, 0.2) is 5.82 Å². The summed E-state index contributed by atoms with van der Waals surface area (Å²) < 4.78 is 32.2. The highest BCUT2D eigenvalue weighted by Crippen LogP contribution is 2.40. The number of rotatable bonds is 7. The number of aromatic nitrogens is 2. The normalized spacial score (nSPS) is 20.4. The molecule has 0 unspecified atom stereocenters. The van der Waals surface area contributed by atoms with E-state index >= 15 is 0 Å². The van der Waals surface area contributed by atoms with E-state index < -0.39 is 10.0 Å². The van der Waals surface area contributed by atoms with Crippen LogP contribution in [0.25, 0.3) is 0 Å². The lowest BCUT2D eigenvalue weighted by Crippen LogP contribution is -2.48. The van der Waals surface area contributed by atoms with Gasteiger partial charge in [0.25, 0.3) is 0 Å². The lowest BCUT2D eigenvalue weighted by Gasteiger charge is -2.33. The predicted octanol–water partition coefficient (Wildman–Crippen LogP) is 3.45. The Labute approximate surface area is 210 Å². The Hall–Kier alpha value is -2.63. The molecule has 1 aliphatic heterocycles. The fraction of sp³-hybridized carbons (Fsp3) is 0.522. The molecule has 1 aliphatic carbocycles. The van der Waals surface area contributed by atoms with Gasteiger partial charge < -0.3 is 20.3 Å². The van der Waals surface area contributed by atoms with E-state index in [0.717, 1.165) is 49.0 Å². The van der Waals surface area contributed by atoms with Crippen molar-refractivity contribution in [2.75, 3.05) is 35.9 Å². The second kappa shape index (κ2) is 10.5. The molecule has 12 heteroatoms. The summed E-state index contributed by atoms with van der Waals surface area (Å²) in [6, 6.07) is 3.34. The minimum absolute atomic E-state index is 0.00459. The lowest BCUT2D eigenvalue weighted by atomic mass is 9.91. The first-order chi connectivity index (χ1) is 16.7. The summed E-state index contributed by atoms with van der Waals surface area (Å²) in [5, 5.41) is 6.63. The van der Waals surface area contributed by atoms with Crippen molar-refractivity contribution in [2.24, 2.45) is 0 Å². The van der Waals surface area contributed by atoms with Crippen molar-refractivity contribution in [1.82, 2.24) is 14.7 Å². The highest BCUT2D eigenvalue weighted by atomic mass is 35.5. The van der Waals surface area contributed by atoms with Crippen molar-refractivity contribution in [3.05, 3.63) is 28.9 Å². The second-order valence-corrected chi connectivity index (χ2v) is 11.2. The van der Waals surface area contributed by atoms with E-state index in [1.165, 1.54) is 12.5 Å². The molecule has 1 aromatic heterocycles. The van der Waals surface area contributed by atoms with Crippen LogP contribution in [0.4, 0.5) is 23.1 Å². The van der Waals surface area contributed by atoms with Crippen molar-refractivity contribution in [3.8, 4) is 5.75 Å². The highest BCUT2D eigenvalue weighted by molar-refractivity contribution is 7.88. The number of halogens is 1. The number of carbonyl (C=O) groups is 1. The first-order valence-corrected chi connectivity index (χ1v) is 13.9. The Bertz CT molecular complexity index is 1210. The zero-order valence-corrected chi connectivity index (χ0v) is 21.7. The zero-order chi connectivity index (χ0) is 25.2. The van der Waals surface area contributed by atoms with Gasteiger partial charge in [-0.25, -0.2) is 18.1 Å². The van der Waals surface area contributed by atoms with Crippen molar-refractivity contribution in [1.29, 1.82) is 0 Å². The Morgan fingerprint density at radius 3 is 2.63 bits per heavy atom. The summed E-state index contributed by atoms with van der Waals surface area (Å²) in [6.07, 6.45) is 8.08. The van der Waals surface area contributed by atoms with Crippen LogP contribution in [0.15, 0.2) is 18.3 Å². The Morgan fingerprint density at radius 2 is 1.91 bits per heavy atom. The average Bonchev–Trinajstić information content (AvgIpc) is 3.00. The second-order valence-electron chi connectivity index (χ2n) is 9.00. The van der Waals surface area contributed by atoms with Gasteiger partial charge in [0.2, 0.25) is 21.9 Å². The number of nitrogens with one attached hydrogen (secondary N) is 3. The van der Waals surface area contributed by atoms with Gasteiger partial charge in [-0.2, -0.15) is 4.98 Å². The molecule has 0 radical (unpaired) electrons. The van der Waals surface area contributed by atoms with Gasteiger partial charge in [-0.05, 0) is 37.8 Å². The van der Waals surface area contributed by atoms with Crippen molar-refractivity contribution < 1.29 is 17.9 Å². The number of hydrogen-bond acceptors (Lipinski definition) is 8. The van der Waals surface area contributed by atoms with Gasteiger partial charge in [-0.1, -0.05) is 24.4 Å². The standard InChI is InChI=1S/C23H31ClN6O4S/c1-30(19-12-11-16-14(21(19)34-2)7-6-10-20(31)26-16)23-25-13-15(24)22(28-23)27-17-8-4-5-9-18(17)29-35(3,32)33/h11-13,17-18,29H,4-10H2,1-3H3,(H,26,31)(H,25,27,28)/t17-,18-/m1/s1. The monoisotopic (exact) mass is 522 g/mol. The molecule has 10 nitrogen and oxygen atoms in total. The summed E-state index contributed by atoms with van der Waals surface area (Å²) in [6.45, 7) is 0. The lowest BCUT2D eigenvalue weighted by molar-refractivity contribution is -0.116. The predicted molar refractivity (Wildman–Crippen MR) is 137 cm³/mol. The Kier molecular flexibility index (Phi) is 7.67. The fourth-order valence-corrected chi connectivity index (χ4v) is 5.71. The summed E-state index contributed by atoms with van der Waals surface area (Å²) in [7, 11) is 0.0969. The molecule has 2 heterocycles. The van der Waals surface area contributed by atoms with E-state index in [2.05, 4.69) is 25.3 Å². The Balaban J connectivity index is 1.62. The number of ether oxygens (including phenoxy) is 1. The maximum atomic E-state index is 12.0. The minimum Gasteiger partial charge on any atom is -0.494 e. The number of carbonyl (C=O) groups excluding carboxylic acids is 1. The van der Waals surface area contributed by atoms with Gasteiger partial charge in [0.05, 0.1) is 25.2 Å². The maximum Gasteiger partial charge on any atom is 0.231 e. The molecule has 3 N–H and O–H groups in total. The van der Waals surface area contributed by atoms with Crippen molar-refractivity contribution in [3.63, 3.8) is 0 Å². The third kappa shape index (κ3) is 5.96. The number of sulfonamides is 1. The maximum absolute atomic E-state index is 12.0. The molecule has 2 aromatic rings. The van der Waals surface area contributed by atoms with Crippen LogP contribution in [0, 0.1) is 0 Å². The van der Waals surface area contributed by atoms with E-state index in [1.54, 1.807) is 12.0 Å². The number of amides is 1. The van der Waals surface area contributed by atoms with E-state index in [1.807, 2.05) is 19.2 Å². The molecule has 2 aliphatic rings. The van der Waals surface area contributed by atoms with Gasteiger partial charge in [-0.3, -0.25) is 4.79 Å². The fourth-order valence-electron chi connectivity index (χ4n) is 4.73. The topological polar surface area (TPSA) is 126 Å². The molecule has 35 heavy (non-hydrogen) atoms. The number of methoxy groups -OCH3 is 1. The summed E-state index contributed by atoms with van der Waals surface area (Å²) in [5.74, 6) is 1.49. The van der Waals surface area contributed by atoms with Crippen LogP contribution in [0.2, 0.25) is 5.02 Å². The van der Waals surface area contributed by atoms with Crippen molar-refractivity contribution in [2.45, 2.75) is 57.0 Å². The Morgan fingerprint density at radius 1 is 1.17 bits per heavy atom. The third-order valence-electron chi connectivity index (χ3n) is 6.39. The zero-order valence-electron chi connectivity index (χ0n) is 20.1. The molecule has 0 bridgehead atoms. The molecule has 0 saturated heterocycles. The summed E-state index contributed by atoms with van der Waals surface area (Å²) >= 11 is 6.42. The van der Waals surface area contributed by atoms with Crippen LogP contribution >= 0.6 is 11.6 Å². The molecule has 0 spiro atoms. The smallest absolute Gasteiger partial charge is 0.231 e. The van der Waals surface area contributed by atoms with Crippen LogP contribution in [-0.2, 0) is 21.2 Å². The number of hydrogen-bond donors (Lipinski definition) is 3. The molecule has 190 valence electrons. The average molecular weight is 523 g/mol. The van der Waals surface area contributed by atoms with Crippen LogP contribution in [-0.4, -0.2) is 56.8 Å². The largest absolute Gasteiger partial charge is 0.494 e. The number of nitrogens with zero attached hydrogens (tertiary/aromatic N) is 3. The number of anilines is 4. The van der Waals surface area contributed by atoms with E-state index in [4.69, 9.17) is 16.3 Å². The van der Waals surface area contributed by atoms with Crippen LogP contribution < -0.4 is 25.0 Å². The molecule has 1 amide bonds. The van der Waals surface area contributed by atoms with E-state index in [-0.39, 0.29) is 18.0 Å². The summed E-state index contributed by atoms with van der Waals surface area (Å²) in [5.41, 5.74) is 2.44. The minimum atomic E-state index is -3.34. The molecule has 1 aromatic carbocycles. The molecule has 2 atom stereocenters. The van der Waals surface area contributed by atoms with Crippen molar-refractivity contribution >= 4 is 50.7 Å². The first-order valence-electron chi connectivity index (χ1n) is 11.7. The molecular weight excluding hydrogens is 492 g/mol. The van der Waals surface area contributed by atoms with Crippen LogP contribution in [0.3, 0.4) is 0 Å². The molecular formula is C23H31ClN6O4S. The van der Waals surface area contributed by atoms with E-state index in [9.17, 15) is 13.2 Å². The molecule has 1 fully saturated rings. The highest BCUT2D eigenvalue weighted by Gasteiger charge is 2.29. The third-order valence-corrected chi connectivity index (χ3v) is 7.40. The number of fused-ring (bicyclic) bond motifs is 1. The van der Waals surface area contributed by atoms with Gasteiger partial charge >= 0.3 is 0 Å². The van der Waals surface area contributed by atoms with Gasteiger partial charge in [0.1, 0.15) is 10.8 Å². The first kappa shape index (κ1) is 25.5. The van der Waals surface area contributed by atoms with Gasteiger partial charge in [-0.15, -0.1) is 0 Å². The van der Waals surface area contributed by atoms with E-state index in [0.29, 0.717) is 35.4 Å². The van der Waals surface area contributed by atoms with Crippen LogP contribution in [0.1, 0.15) is 44.1 Å². The van der Waals surface area contributed by atoms with Gasteiger partial charge in [0, 0.05) is 36.8 Å². The van der Waals surface area contributed by atoms with Crippen LogP contribution in [0.5, 0.6) is 5.75 Å². The molecule has 4 rings (SSSR count). The quantitative estimate of drug-likeness (QED) is 0.505. The SMILES string of the molecule is COc1c(N(C)c2ncc(Cl)c(N[C@@H]3CCCC[C@H]3NS(C)(=O)=O)n2)ccc2c1CCCC(=O)N2.